The van der Waals surface area contributed by atoms with Gasteiger partial charge in [0.2, 0.25) is 5.90 Å². The third-order valence-electron chi connectivity index (χ3n) is 3.53. The molecule has 0 aromatic heterocycles. The van der Waals surface area contributed by atoms with Crippen LogP contribution >= 0.6 is 0 Å². The number of aliphatic carboxylic acids is 1. The minimum atomic E-state index is -1.43. The summed E-state index contributed by atoms with van der Waals surface area (Å²) in [5.74, 6) is -1.56. The lowest BCUT2D eigenvalue weighted by Gasteiger charge is -2.29. The molecule has 0 amide bonds. The maximum atomic E-state index is 13.8. The molecule has 0 saturated carbocycles. The largest absolute Gasteiger partial charge is 0.480 e. The summed E-state index contributed by atoms with van der Waals surface area (Å²) in [5, 5.41) is 24.3. The van der Waals surface area contributed by atoms with Gasteiger partial charge in [-0.25, -0.2) is 9.18 Å². The number of carbonyl (C=O) groups is 1. The van der Waals surface area contributed by atoms with E-state index in [2.05, 4.69) is 5.10 Å². The van der Waals surface area contributed by atoms with Gasteiger partial charge in [0.25, 0.3) is 0 Å². The number of hydrogen-bond acceptors (Lipinski definition) is 5. The number of benzene rings is 1. The number of hydrogen-bond donors (Lipinski definition) is 2. The Morgan fingerprint density at radius 1 is 1.45 bits per heavy atom. The second-order valence-corrected chi connectivity index (χ2v) is 5.04. The highest BCUT2D eigenvalue weighted by Crippen LogP contribution is 2.21. The summed E-state index contributed by atoms with van der Waals surface area (Å²) in [6.45, 7) is 3.51. The minimum absolute atomic E-state index is 0.0523. The van der Waals surface area contributed by atoms with Crippen LogP contribution in [0.15, 0.2) is 28.9 Å². The van der Waals surface area contributed by atoms with E-state index in [9.17, 15) is 14.3 Å². The van der Waals surface area contributed by atoms with Gasteiger partial charge in [0, 0.05) is 6.08 Å². The van der Waals surface area contributed by atoms with E-state index >= 15 is 0 Å². The molecule has 7 heteroatoms. The van der Waals surface area contributed by atoms with Gasteiger partial charge >= 0.3 is 5.97 Å². The first-order valence-electron chi connectivity index (χ1n) is 6.61. The first-order valence-corrected chi connectivity index (χ1v) is 6.61. The second kappa shape index (κ2) is 6.15. The standard InChI is InChI=1S/C15H17FN2O4/c1-8-4-10(5-12(16)9(8)2)7-18-14(19)11(15(20)21)6-13(17-18)22-3/h4-6,14,19H,7H2,1-3H3,(H,20,21). The molecule has 0 radical (unpaired) electrons. The van der Waals surface area contributed by atoms with Crippen LogP contribution in [0.3, 0.4) is 0 Å². The monoisotopic (exact) mass is 308 g/mol. The Balaban J connectivity index is 2.31. The molecular formula is C15H17FN2O4. The molecule has 1 aliphatic rings. The van der Waals surface area contributed by atoms with Gasteiger partial charge in [-0.1, -0.05) is 6.07 Å². The highest BCUT2D eigenvalue weighted by atomic mass is 19.1. The van der Waals surface area contributed by atoms with Crippen molar-refractivity contribution in [2.75, 3.05) is 7.11 Å². The fourth-order valence-corrected chi connectivity index (χ4v) is 2.14. The van der Waals surface area contributed by atoms with Crippen molar-refractivity contribution in [2.45, 2.75) is 26.6 Å². The van der Waals surface area contributed by atoms with Crippen LogP contribution in [0.25, 0.3) is 0 Å². The van der Waals surface area contributed by atoms with Gasteiger partial charge in [-0.15, -0.1) is 5.10 Å². The fourth-order valence-electron chi connectivity index (χ4n) is 2.14. The average molecular weight is 308 g/mol. The smallest absolute Gasteiger partial charge is 0.336 e. The minimum Gasteiger partial charge on any atom is -0.480 e. The van der Waals surface area contributed by atoms with Crippen molar-refractivity contribution in [1.82, 2.24) is 5.01 Å². The molecule has 0 bridgehead atoms. The Bertz CT molecular complexity index is 647. The summed E-state index contributed by atoms with van der Waals surface area (Å²) in [5.41, 5.74) is 1.64. The average Bonchev–Trinajstić information content (AvgIpc) is 2.46. The van der Waals surface area contributed by atoms with Crippen LogP contribution in [0.2, 0.25) is 0 Å². The molecule has 2 rings (SSSR count). The molecule has 1 atom stereocenters. The summed E-state index contributed by atoms with van der Waals surface area (Å²) in [4.78, 5) is 11.2. The van der Waals surface area contributed by atoms with Crippen LogP contribution in [0.4, 0.5) is 4.39 Å². The topological polar surface area (TPSA) is 82.4 Å². The molecule has 0 aliphatic carbocycles. The van der Waals surface area contributed by atoms with Gasteiger partial charge < -0.3 is 14.9 Å². The highest BCUT2D eigenvalue weighted by Gasteiger charge is 2.29. The van der Waals surface area contributed by atoms with E-state index in [4.69, 9.17) is 9.84 Å². The summed E-state index contributed by atoms with van der Waals surface area (Å²) in [6, 6.07) is 3.11. The highest BCUT2D eigenvalue weighted by molar-refractivity contribution is 5.99. The molecule has 118 valence electrons. The fraction of sp³-hybridized carbons (Fsp3) is 0.333. The quantitative estimate of drug-likeness (QED) is 0.885. The van der Waals surface area contributed by atoms with E-state index < -0.39 is 12.2 Å². The van der Waals surface area contributed by atoms with Crippen molar-refractivity contribution in [2.24, 2.45) is 5.10 Å². The summed E-state index contributed by atoms with van der Waals surface area (Å²) in [6.07, 6.45) is -0.272. The number of halogens is 1. The van der Waals surface area contributed by atoms with Gasteiger partial charge in [0.1, 0.15) is 5.82 Å². The molecule has 1 aliphatic heterocycles. The van der Waals surface area contributed by atoms with E-state index in [0.717, 1.165) is 16.6 Å². The number of rotatable bonds is 3. The van der Waals surface area contributed by atoms with Crippen molar-refractivity contribution in [3.8, 4) is 0 Å². The van der Waals surface area contributed by atoms with Crippen molar-refractivity contribution in [3.63, 3.8) is 0 Å². The molecule has 0 fully saturated rings. The lowest BCUT2D eigenvalue weighted by Crippen LogP contribution is -2.38. The first-order chi connectivity index (χ1) is 10.3. The molecule has 1 aromatic rings. The zero-order valence-electron chi connectivity index (χ0n) is 12.5. The van der Waals surface area contributed by atoms with Gasteiger partial charge in [-0.3, -0.25) is 5.01 Å². The van der Waals surface area contributed by atoms with Gasteiger partial charge in [0.15, 0.2) is 6.23 Å². The van der Waals surface area contributed by atoms with Crippen LogP contribution in [0.5, 0.6) is 0 Å². The molecule has 22 heavy (non-hydrogen) atoms. The Kier molecular flexibility index (Phi) is 4.46. The zero-order valence-corrected chi connectivity index (χ0v) is 12.5. The Labute approximate surface area is 127 Å². The summed E-state index contributed by atoms with van der Waals surface area (Å²) < 4.78 is 18.7. The molecule has 0 saturated heterocycles. The molecule has 1 unspecified atom stereocenters. The lowest BCUT2D eigenvalue weighted by molar-refractivity contribution is -0.135. The lowest BCUT2D eigenvalue weighted by atomic mass is 10.0. The van der Waals surface area contributed by atoms with Crippen LogP contribution in [-0.2, 0) is 16.1 Å². The van der Waals surface area contributed by atoms with E-state index in [1.807, 2.05) is 0 Å². The van der Waals surface area contributed by atoms with Crippen LogP contribution < -0.4 is 0 Å². The van der Waals surface area contributed by atoms with E-state index in [1.54, 1.807) is 19.9 Å². The maximum absolute atomic E-state index is 13.8. The molecule has 0 spiro atoms. The number of aliphatic hydroxyl groups excluding tert-OH is 1. The first kappa shape index (κ1) is 16.0. The van der Waals surface area contributed by atoms with E-state index in [-0.39, 0.29) is 23.8 Å². The number of nitrogens with zero attached hydrogens (tertiary/aromatic N) is 2. The van der Waals surface area contributed by atoms with Crippen LogP contribution in [0.1, 0.15) is 16.7 Å². The Morgan fingerprint density at radius 2 is 2.14 bits per heavy atom. The van der Waals surface area contributed by atoms with E-state index in [0.29, 0.717) is 11.1 Å². The van der Waals surface area contributed by atoms with Gasteiger partial charge in [-0.2, -0.15) is 0 Å². The number of ether oxygens (including phenoxy) is 1. The van der Waals surface area contributed by atoms with Gasteiger partial charge in [0.05, 0.1) is 19.2 Å². The summed E-state index contributed by atoms with van der Waals surface area (Å²) in [7, 11) is 1.35. The molecule has 2 N–H and O–H groups in total. The molecular weight excluding hydrogens is 291 g/mol. The zero-order chi connectivity index (χ0) is 16.4. The van der Waals surface area contributed by atoms with E-state index in [1.165, 1.54) is 13.2 Å². The normalized spacial score (nSPS) is 17.9. The van der Waals surface area contributed by atoms with Crippen molar-refractivity contribution in [3.05, 3.63) is 46.3 Å². The third kappa shape index (κ3) is 3.09. The van der Waals surface area contributed by atoms with Crippen molar-refractivity contribution < 1.29 is 24.1 Å². The second-order valence-electron chi connectivity index (χ2n) is 5.04. The molecule has 1 aromatic carbocycles. The van der Waals surface area contributed by atoms with Crippen molar-refractivity contribution >= 4 is 11.9 Å². The number of aryl methyl sites for hydroxylation is 1. The predicted octanol–water partition coefficient (Wildman–Crippen LogP) is 1.55. The van der Waals surface area contributed by atoms with Gasteiger partial charge in [-0.05, 0) is 36.6 Å². The number of carboxylic acids is 1. The Morgan fingerprint density at radius 3 is 2.68 bits per heavy atom. The Hall–Kier alpha value is -2.41. The number of carboxylic acid groups (broad SMARTS) is 1. The SMILES string of the molecule is COC1=NN(Cc2cc(C)c(C)c(F)c2)C(O)C(C(=O)O)=C1. The molecule has 1 heterocycles. The van der Waals surface area contributed by atoms with Crippen molar-refractivity contribution in [1.29, 1.82) is 0 Å². The number of aliphatic hydroxyl groups is 1. The van der Waals surface area contributed by atoms with Crippen LogP contribution in [-0.4, -0.2) is 40.4 Å². The predicted molar refractivity (Wildman–Crippen MR) is 77.6 cm³/mol. The summed E-state index contributed by atoms with van der Waals surface area (Å²) >= 11 is 0. The molecule has 6 nitrogen and oxygen atoms in total. The number of methoxy groups -OCH3 is 1. The van der Waals surface area contributed by atoms with Crippen LogP contribution in [0, 0.1) is 19.7 Å². The third-order valence-corrected chi connectivity index (χ3v) is 3.53. The maximum Gasteiger partial charge on any atom is 0.336 e. The number of hydrazone groups is 1.